The van der Waals surface area contributed by atoms with Crippen LogP contribution in [-0.2, 0) is 4.79 Å². The van der Waals surface area contributed by atoms with E-state index in [-0.39, 0.29) is 0 Å². The minimum Gasteiger partial charge on any atom is -0.481 e. The smallest absolute Gasteiger partial charge is 0.309 e. The standard InChI is InChI=1S/C11H13BrO3/c1-6-3-4-8(9(12)5-6)10(13)7(2)11(14)15/h3-5,7,10,13H,1-2H3,(H,14,15). The summed E-state index contributed by atoms with van der Waals surface area (Å²) in [6.07, 6.45) is -0.988. The molecule has 4 heteroatoms. The van der Waals surface area contributed by atoms with E-state index >= 15 is 0 Å². The fourth-order valence-electron chi connectivity index (χ4n) is 1.28. The van der Waals surface area contributed by atoms with Crippen molar-refractivity contribution in [2.24, 2.45) is 5.92 Å². The molecule has 0 aliphatic carbocycles. The normalized spacial score (nSPS) is 14.7. The number of carbonyl (C=O) groups is 1. The summed E-state index contributed by atoms with van der Waals surface area (Å²) in [6.45, 7) is 3.42. The SMILES string of the molecule is Cc1ccc(C(O)C(C)C(=O)O)c(Br)c1. The molecule has 3 nitrogen and oxygen atoms in total. The summed E-state index contributed by atoms with van der Waals surface area (Å²) in [5.74, 6) is -1.82. The first kappa shape index (κ1) is 12.2. The van der Waals surface area contributed by atoms with Gasteiger partial charge in [-0.1, -0.05) is 28.1 Å². The van der Waals surface area contributed by atoms with Gasteiger partial charge in [0.2, 0.25) is 0 Å². The third kappa shape index (κ3) is 2.79. The van der Waals surface area contributed by atoms with Crippen molar-refractivity contribution in [1.82, 2.24) is 0 Å². The Bertz CT molecular complexity index is 376. The maximum absolute atomic E-state index is 10.7. The van der Waals surface area contributed by atoms with Crippen molar-refractivity contribution in [2.75, 3.05) is 0 Å². The molecule has 15 heavy (non-hydrogen) atoms. The highest BCUT2D eigenvalue weighted by Crippen LogP contribution is 2.29. The minimum atomic E-state index is -1.00. The number of aliphatic hydroxyl groups is 1. The minimum absolute atomic E-state index is 0.607. The predicted octanol–water partition coefficient (Wildman–Crippen LogP) is 2.51. The van der Waals surface area contributed by atoms with Crippen LogP contribution in [0.25, 0.3) is 0 Å². The number of carboxylic acid groups (broad SMARTS) is 1. The van der Waals surface area contributed by atoms with Crippen molar-refractivity contribution in [1.29, 1.82) is 0 Å². The fourth-order valence-corrected chi connectivity index (χ4v) is 2.00. The second-order valence-corrected chi connectivity index (χ2v) is 4.45. The molecule has 0 heterocycles. The molecule has 1 aromatic carbocycles. The van der Waals surface area contributed by atoms with Gasteiger partial charge < -0.3 is 10.2 Å². The van der Waals surface area contributed by atoms with Gasteiger partial charge in [0.1, 0.15) is 0 Å². The molecule has 1 rings (SSSR count). The Morgan fingerprint density at radius 2 is 2.07 bits per heavy atom. The molecule has 0 aliphatic heterocycles. The van der Waals surface area contributed by atoms with Crippen LogP contribution in [0.4, 0.5) is 0 Å². The molecule has 0 amide bonds. The molecule has 2 N–H and O–H groups in total. The summed E-state index contributed by atoms with van der Waals surface area (Å²) >= 11 is 3.31. The number of hydrogen-bond acceptors (Lipinski definition) is 2. The second-order valence-electron chi connectivity index (χ2n) is 3.60. The van der Waals surface area contributed by atoms with Crippen molar-refractivity contribution in [2.45, 2.75) is 20.0 Å². The van der Waals surface area contributed by atoms with E-state index in [0.717, 1.165) is 10.0 Å². The molecular formula is C11H13BrO3. The number of aliphatic carboxylic acids is 1. The van der Waals surface area contributed by atoms with E-state index in [1.54, 1.807) is 6.07 Å². The van der Waals surface area contributed by atoms with Gasteiger partial charge >= 0.3 is 5.97 Å². The van der Waals surface area contributed by atoms with Crippen LogP contribution in [0, 0.1) is 12.8 Å². The lowest BCUT2D eigenvalue weighted by Crippen LogP contribution is -2.18. The molecule has 0 spiro atoms. The first-order chi connectivity index (χ1) is 6.93. The van der Waals surface area contributed by atoms with Crippen LogP contribution >= 0.6 is 15.9 Å². The average Bonchev–Trinajstić information content (AvgIpc) is 2.15. The lowest BCUT2D eigenvalue weighted by molar-refractivity contribution is -0.145. The van der Waals surface area contributed by atoms with E-state index < -0.39 is 18.0 Å². The molecule has 0 fully saturated rings. The van der Waals surface area contributed by atoms with Crippen LogP contribution in [0.2, 0.25) is 0 Å². The van der Waals surface area contributed by atoms with E-state index in [1.165, 1.54) is 6.92 Å². The quantitative estimate of drug-likeness (QED) is 0.889. The fraction of sp³-hybridized carbons (Fsp3) is 0.364. The highest BCUT2D eigenvalue weighted by atomic mass is 79.9. The summed E-state index contributed by atoms with van der Waals surface area (Å²) in [6, 6.07) is 5.44. The van der Waals surface area contributed by atoms with Gasteiger partial charge in [-0.3, -0.25) is 4.79 Å². The van der Waals surface area contributed by atoms with Gasteiger partial charge in [-0.15, -0.1) is 0 Å². The Hall–Kier alpha value is -0.870. The van der Waals surface area contributed by atoms with Gasteiger partial charge in [0.25, 0.3) is 0 Å². The van der Waals surface area contributed by atoms with Crippen molar-refractivity contribution >= 4 is 21.9 Å². The first-order valence-corrected chi connectivity index (χ1v) is 5.39. The van der Waals surface area contributed by atoms with Gasteiger partial charge in [0.05, 0.1) is 12.0 Å². The summed E-state index contributed by atoms with van der Waals surface area (Å²) in [4.78, 5) is 10.7. The van der Waals surface area contributed by atoms with E-state index in [1.807, 2.05) is 19.1 Å². The van der Waals surface area contributed by atoms with Crippen molar-refractivity contribution in [3.63, 3.8) is 0 Å². The van der Waals surface area contributed by atoms with Gasteiger partial charge in [-0.2, -0.15) is 0 Å². The number of benzene rings is 1. The summed E-state index contributed by atoms with van der Waals surface area (Å²) < 4.78 is 0.739. The van der Waals surface area contributed by atoms with Gasteiger partial charge in [-0.25, -0.2) is 0 Å². The van der Waals surface area contributed by atoms with E-state index in [9.17, 15) is 9.90 Å². The maximum atomic E-state index is 10.7. The van der Waals surface area contributed by atoms with E-state index in [4.69, 9.17) is 5.11 Å². The number of aryl methyl sites for hydroxylation is 1. The third-order valence-electron chi connectivity index (χ3n) is 2.34. The molecule has 0 radical (unpaired) electrons. The molecule has 0 aliphatic rings. The molecule has 0 aromatic heterocycles. The van der Waals surface area contributed by atoms with Crippen LogP contribution in [0.5, 0.6) is 0 Å². The van der Waals surface area contributed by atoms with E-state index in [0.29, 0.717) is 5.56 Å². The second kappa shape index (κ2) is 4.77. The molecule has 1 aromatic rings. The number of hydrogen-bond donors (Lipinski definition) is 2. The molecular weight excluding hydrogens is 260 g/mol. The zero-order chi connectivity index (χ0) is 11.6. The zero-order valence-electron chi connectivity index (χ0n) is 8.57. The lowest BCUT2D eigenvalue weighted by atomic mass is 9.97. The Kier molecular flexibility index (Phi) is 3.88. The largest absolute Gasteiger partial charge is 0.481 e. The van der Waals surface area contributed by atoms with Gasteiger partial charge in [0, 0.05) is 4.47 Å². The predicted molar refractivity (Wildman–Crippen MR) is 60.6 cm³/mol. The summed E-state index contributed by atoms with van der Waals surface area (Å²) in [5.41, 5.74) is 1.66. The van der Waals surface area contributed by atoms with E-state index in [2.05, 4.69) is 15.9 Å². The van der Waals surface area contributed by atoms with Gasteiger partial charge in [0.15, 0.2) is 0 Å². The molecule has 0 saturated heterocycles. The molecule has 0 saturated carbocycles. The Balaban J connectivity index is 3.01. The van der Waals surface area contributed by atoms with Crippen LogP contribution in [0.1, 0.15) is 24.2 Å². The summed E-state index contributed by atoms with van der Waals surface area (Å²) in [5, 5.41) is 18.6. The summed E-state index contributed by atoms with van der Waals surface area (Å²) in [7, 11) is 0. The number of halogens is 1. The number of aliphatic hydroxyl groups excluding tert-OH is 1. The maximum Gasteiger partial charge on any atom is 0.309 e. The lowest BCUT2D eigenvalue weighted by Gasteiger charge is -2.17. The van der Waals surface area contributed by atoms with Crippen molar-refractivity contribution in [3.05, 3.63) is 33.8 Å². The van der Waals surface area contributed by atoms with Crippen LogP contribution in [0.3, 0.4) is 0 Å². The van der Waals surface area contributed by atoms with Crippen LogP contribution < -0.4 is 0 Å². The Labute approximate surface area is 96.9 Å². The molecule has 82 valence electrons. The van der Waals surface area contributed by atoms with Crippen molar-refractivity contribution in [3.8, 4) is 0 Å². The van der Waals surface area contributed by atoms with Gasteiger partial charge in [-0.05, 0) is 31.0 Å². The zero-order valence-corrected chi connectivity index (χ0v) is 10.2. The molecule has 2 atom stereocenters. The monoisotopic (exact) mass is 272 g/mol. The Morgan fingerprint density at radius 1 is 1.47 bits per heavy atom. The molecule has 0 bridgehead atoms. The van der Waals surface area contributed by atoms with Crippen LogP contribution in [0.15, 0.2) is 22.7 Å². The Morgan fingerprint density at radius 3 is 2.53 bits per heavy atom. The topological polar surface area (TPSA) is 57.5 Å². The average molecular weight is 273 g/mol. The number of rotatable bonds is 3. The molecule has 2 unspecified atom stereocenters. The third-order valence-corrected chi connectivity index (χ3v) is 3.02. The highest BCUT2D eigenvalue weighted by Gasteiger charge is 2.24. The van der Waals surface area contributed by atoms with Crippen molar-refractivity contribution < 1.29 is 15.0 Å². The number of carboxylic acids is 1. The highest BCUT2D eigenvalue weighted by molar-refractivity contribution is 9.10. The first-order valence-electron chi connectivity index (χ1n) is 4.60. The van der Waals surface area contributed by atoms with Crippen LogP contribution in [-0.4, -0.2) is 16.2 Å².